The molecular formula is C13H21N3O5S. The standard InChI is InChI=1S/C13H21N3O5S/c1-3-16(4-2)22(20,21)10-8-11(15-9-10)13(19)14-7-5-6-12(17)18/h8-9,15H,3-7H2,1-2H3,(H,14,19)(H,17,18). The number of rotatable bonds is 9. The van der Waals surface area contributed by atoms with E-state index in [9.17, 15) is 18.0 Å². The lowest BCUT2D eigenvalue weighted by Crippen LogP contribution is -2.30. The summed E-state index contributed by atoms with van der Waals surface area (Å²) in [5.74, 6) is -1.40. The summed E-state index contributed by atoms with van der Waals surface area (Å²) in [5.41, 5.74) is 0.126. The molecule has 1 amide bonds. The number of hydrogen-bond donors (Lipinski definition) is 3. The zero-order valence-electron chi connectivity index (χ0n) is 12.6. The number of aliphatic carboxylic acids is 1. The Morgan fingerprint density at radius 1 is 1.32 bits per heavy atom. The van der Waals surface area contributed by atoms with Gasteiger partial charge in [-0.25, -0.2) is 8.42 Å². The van der Waals surface area contributed by atoms with Crippen LogP contribution in [0.25, 0.3) is 0 Å². The van der Waals surface area contributed by atoms with Crippen molar-refractivity contribution in [1.29, 1.82) is 0 Å². The lowest BCUT2D eigenvalue weighted by atomic mass is 10.3. The first-order chi connectivity index (χ1) is 10.3. The average molecular weight is 331 g/mol. The Bertz CT molecular complexity index is 619. The average Bonchev–Trinajstić information content (AvgIpc) is 2.94. The summed E-state index contributed by atoms with van der Waals surface area (Å²) in [4.78, 5) is 24.9. The van der Waals surface area contributed by atoms with Crippen molar-refractivity contribution < 1.29 is 23.1 Å². The summed E-state index contributed by atoms with van der Waals surface area (Å²) in [6.45, 7) is 4.39. The van der Waals surface area contributed by atoms with Crippen LogP contribution in [-0.4, -0.2) is 54.3 Å². The SMILES string of the molecule is CCN(CC)S(=O)(=O)c1c[nH]c(C(=O)NCCCC(=O)O)c1. The first-order valence-electron chi connectivity index (χ1n) is 7.01. The van der Waals surface area contributed by atoms with Crippen LogP contribution in [0.15, 0.2) is 17.2 Å². The number of carboxylic acids is 1. The summed E-state index contributed by atoms with van der Waals surface area (Å²) in [6, 6.07) is 1.28. The number of carbonyl (C=O) groups excluding carboxylic acids is 1. The number of carboxylic acid groups (broad SMARTS) is 1. The van der Waals surface area contributed by atoms with Crippen molar-refractivity contribution in [2.24, 2.45) is 0 Å². The molecule has 9 heteroatoms. The molecule has 0 aliphatic heterocycles. The molecule has 0 aliphatic rings. The molecule has 124 valence electrons. The molecule has 0 fully saturated rings. The highest BCUT2D eigenvalue weighted by atomic mass is 32.2. The van der Waals surface area contributed by atoms with Gasteiger partial charge < -0.3 is 15.4 Å². The van der Waals surface area contributed by atoms with Crippen LogP contribution in [-0.2, 0) is 14.8 Å². The number of amides is 1. The Morgan fingerprint density at radius 2 is 1.95 bits per heavy atom. The maximum absolute atomic E-state index is 12.3. The maximum atomic E-state index is 12.3. The Hall–Kier alpha value is -1.87. The molecule has 1 rings (SSSR count). The third-order valence-electron chi connectivity index (χ3n) is 3.10. The van der Waals surface area contributed by atoms with Crippen molar-refractivity contribution in [2.75, 3.05) is 19.6 Å². The minimum Gasteiger partial charge on any atom is -0.481 e. The highest BCUT2D eigenvalue weighted by molar-refractivity contribution is 7.89. The van der Waals surface area contributed by atoms with Crippen molar-refractivity contribution in [1.82, 2.24) is 14.6 Å². The van der Waals surface area contributed by atoms with Gasteiger partial charge in [-0.1, -0.05) is 13.8 Å². The van der Waals surface area contributed by atoms with Crippen LogP contribution in [0.5, 0.6) is 0 Å². The molecule has 0 radical (unpaired) electrons. The van der Waals surface area contributed by atoms with Gasteiger partial charge in [-0.15, -0.1) is 0 Å². The fourth-order valence-corrected chi connectivity index (χ4v) is 3.36. The van der Waals surface area contributed by atoms with E-state index in [0.717, 1.165) is 0 Å². The maximum Gasteiger partial charge on any atom is 0.303 e. The van der Waals surface area contributed by atoms with Crippen molar-refractivity contribution >= 4 is 21.9 Å². The number of aromatic nitrogens is 1. The predicted molar refractivity (Wildman–Crippen MR) is 80.1 cm³/mol. The molecule has 22 heavy (non-hydrogen) atoms. The summed E-state index contributed by atoms with van der Waals surface area (Å²) in [7, 11) is -3.61. The van der Waals surface area contributed by atoms with Gasteiger partial charge in [-0.2, -0.15) is 4.31 Å². The smallest absolute Gasteiger partial charge is 0.303 e. The third kappa shape index (κ3) is 4.57. The van der Waals surface area contributed by atoms with Gasteiger partial charge in [0, 0.05) is 32.3 Å². The van der Waals surface area contributed by atoms with Gasteiger partial charge in [0.25, 0.3) is 5.91 Å². The normalized spacial score (nSPS) is 11.6. The quantitative estimate of drug-likeness (QED) is 0.574. The van der Waals surface area contributed by atoms with Gasteiger partial charge in [-0.3, -0.25) is 9.59 Å². The fraction of sp³-hybridized carbons (Fsp3) is 0.538. The number of nitrogens with zero attached hydrogens (tertiary/aromatic N) is 1. The minimum absolute atomic E-state index is 0.0342. The Labute approximate surface area is 129 Å². The largest absolute Gasteiger partial charge is 0.481 e. The van der Waals surface area contributed by atoms with Crippen LogP contribution in [0.1, 0.15) is 37.2 Å². The van der Waals surface area contributed by atoms with Crippen LogP contribution >= 0.6 is 0 Å². The van der Waals surface area contributed by atoms with Crippen LogP contribution in [0, 0.1) is 0 Å². The molecule has 1 aromatic heterocycles. The molecule has 0 bridgehead atoms. The predicted octanol–water partition coefficient (Wildman–Crippen LogP) is 0.640. The van der Waals surface area contributed by atoms with Crippen LogP contribution in [0.2, 0.25) is 0 Å². The van der Waals surface area contributed by atoms with Gasteiger partial charge >= 0.3 is 5.97 Å². The lowest BCUT2D eigenvalue weighted by molar-refractivity contribution is -0.137. The number of carbonyl (C=O) groups is 2. The number of H-pyrrole nitrogens is 1. The molecule has 0 saturated carbocycles. The number of hydrogen-bond acceptors (Lipinski definition) is 4. The Kier molecular flexibility index (Phi) is 6.57. The Morgan fingerprint density at radius 3 is 2.50 bits per heavy atom. The van der Waals surface area contributed by atoms with Gasteiger partial charge in [0.2, 0.25) is 10.0 Å². The van der Waals surface area contributed by atoms with E-state index in [1.165, 1.54) is 16.6 Å². The van der Waals surface area contributed by atoms with Gasteiger partial charge in [0.1, 0.15) is 10.6 Å². The zero-order valence-corrected chi connectivity index (χ0v) is 13.4. The number of aromatic amines is 1. The minimum atomic E-state index is -3.61. The van der Waals surface area contributed by atoms with E-state index in [0.29, 0.717) is 19.5 Å². The molecule has 1 aromatic rings. The zero-order chi connectivity index (χ0) is 16.8. The molecule has 0 saturated heterocycles. The third-order valence-corrected chi connectivity index (χ3v) is 5.12. The van der Waals surface area contributed by atoms with Crippen molar-refractivity contribution in [3.63, 3.8) is 0 Å². The van der Waals surface area contributed by atoms with Crippen molar-refractivity contribution in [3.8, 4) is 0 Å². The molecule has 0 atom stereocenters. The van der Waals surface area contributed by atoms with E-state index in [1.807, 2.05) is 0 Å². The van der Waals surface area contributed by atoms with Gasteiger partial charge in [0.15, 0.2) is 0 Å². The molecule has 8 nitrogen and oxygen atoms in total. The summed E-state index contributed by atoms with van der Waals surface area (Å²) in [5, 5.41) is 11.0. The molecular weight excluding hydrogens is 310 g/mol. The highest BCUT2D eigenvalue weighted by Crippen LogP contribution is 2.16. The van der Waals surface area contributed by atoms with Crippen LogP contribution in [0.4, 0.5) is 0 Å². The summed E-state index contributed by atoms with van der Waals surface area (Å²) < 4.78 is 25.8. The molecule has 0 aliphatic carbocycles. The summed E-state index contributed by atoms with van der Waals surface area (Å²) >= 11 is 0. The van der Waals surface area contributed by atoms with Gasteiger partial charge in [-0.05, 0) is 12.5 Å². The monoisotopic (exact) mass is 331 g/mol. The molecule has 0 aromatic carbocycles. The second-order valence-corrected chi connectivity index (χ2v) is 6.53. The molecule has 0 unspecified atom stereocenters. The second kappa shape index (κ2) is 7.95. The van der Waals surface area contributed by atoms with Crippen molar-refractivity contribution in [3.05, 3.63) is 18.0 Å². The van der Waals surface area contributed by atoms with Crippen molar-refractivity contribution in [2.45, 2.75) is 31.6 Å². The van der Waals surface area contributed by atoms with E-state index >= 15 is 0 Å². The van der Waals surface area contributed by atoms with E-state index < -0.39 is 21.9 Å². The summed E-state index contributed by atoms with van der Waals surface area (Å²) in [6.07, 6.45) is 1.55. The van der Waals surface area contributed by atoms with E-state index in [4.69, 9.17) is 5.11 Å². The first kappa shape index (κ1) is 18.2. The first-order valence-corrected chi connectivity index (χ1v) is 8.45. The van der Waals surface area contributed by atoms with Crippen LogP contribution in [0.3, 0.4) is 0 Å². The second-order valence-electron chi connectivity index (χ2n) is 4.59. The highest BCUT2D eigenvalue weighted by Gasteiger charge is 2.23. The molecule has 1 heterocycles. The number of sulfonamides is 1. The number of nitrogens with one attached hydrogen (secondary N) is 2. The lowest BCUT2D eigenvalue weighted by Gasteiger charge is -2.16. The molecule has 0 spiro atoms. The fourth-order valence-electron chi connectivity index (χ4n) is 1.90. The van der Waals surface area contributed by atoms with Crippen LogP contribution < -0.4 is 5.32 Å². The van der Waals surface area contributed by atoms with E-state index in [-0.39, 0.29) is 23.6 Å². The topological polar surface area (TPSA) is 120 Å². The van der Waals surface area contributed by atoms with E-state index in [2.05, 4.69) is 10.3 Å². The Balaban J connectivity index is 2.71. The molecule has 3 N–H and O–H groups in total. The van der Waals surface area contributed by atoms with E-state index in [1.54, 1.807) is 13.8 Å². The van der Waals surface area contributed by atoms with Gasteiger partial charge in [0.05, 0.1) is 0 Å².